The normalized spacial score (nSPS) is 11.1. The van der Waals surface area contributed by atoms with Crippen LogP contribution in [0.3, 0.4) is 0 Å². The van der Waals surface area contributed by atoms with Crippen LogP contribution in [0.2, 0.25) is 0 Å². The summed E-state index contributed by atoms with van der Waals surface area (Å²) in [6, 6.07) is 7.72. The van der Waals surface area contributed by atoms with Crippen molar-refractivity contribution in [3.05, 3.63) is 39.9 Å². The summed E-state index contributed by atoms with van der Waals surface area (Å²) in [4.78, 5) is 0. The molecule has 0 atom stereocenters. The maximum atomic E-state index is 8.43. The predicted molar refractivity (Wildman–Crippen MR) is 58.3 cm³/mol. The topological polar surface area (TPSA) is 23.8 Å². The number of rotatable bonds is 1. The smallest absolute Gasteiger partial charge is 0.0927 e. The molecule has 0 unspecified atom stereocenters. The molecule has 13 heavy (non-hydrogen) atoms. The standard InChI is InChI=1S/C10H7BrClN/c1-7-2-3-9(11)8(6-7)10(12)4-5-13/h2-4,6H,1H3/b10-4-. The van der Waals surface area contributed by atoms with Crippen molar-refractivity contribution in [2.75, 3.05) is 0 Å². The van der Waals surface area contributed by atoms with E-state index in [1.54, 1.807) is 0 Å². The molecule has 1 aromatic rings. The van der Waals surface area contributed by atoms with Gasteiger partial charge in [0.15, 0.2) is 0 Å². The largest absolute Gasteiger partial charge is 0.193 e. The second-order valence-electron chi connectivity index (χ2n) is 2.60. The van der Waals surface area contributed by atoms with Gasteiger partial charge in [-0.2, -0.15) is 5.26 Å². The summed E-state index contributed by atoms with van der Waals surface area (Å²) >= 11 is 9.26. The van der Waals surface area contributed by atoms with Crippen LogP contribution in [0.5, 0.6) is 0 Å². The lowest BCUT2D eigenvalue weighted by molar-refractivity contribution is 1.43. The molecule has 0 N–H and O–H groups in total. The minimum Gasteiger partial charge on any atom is -0.193 e. The summed E-state index contributed by atoms with van der Waals surface area (Å²) < 4.78 is 0.898. The van der Waals surface area contributed by atoms with Crippen LogP contribution in [-0.4, -0.2) is 0 Å². The Kier molecular flexibility index (Phi) is 3.53. The van der Waals surface area contributed by atoms with E-state index in [9.17, 15) is 0 Å². The molecule has 0 amide bonds. The van der Waals surface area contributed by atoms with Crippen LogP contribution in [-0.2, 0) is 0 Å². The van der Waals surface area contributed by atoms with Gasteiger partial charge in [0.1, 0.15) is 0 Å². The maximum Gasteiger partial charge on any atom is 0.0927 e. The van der Waals surface area contributed by atoms with Crippen LogP contribution in [0.15, 0.2) is 28.7 Å². The molecule has 0 aliphatic heterocycles. The molecule has 0 spiro atoms. The summed E-state index contributed by atoms with van der Waals surface area (Å²) in [5.74, 6) is 0. The van der Waals surface area contributed by atoms with Crippen molar-refractivity contribution in [3.8, 4) is 6.07 Å². The Hall–Kier alpha value is -0.780. The first-order valence-corrected chi connectivity index (χ1v) is 4.84. The minimum absolute atomic E-state index is 0.457. The molecular formula is C10H7BrClN. The number of nitrogens with zero attached hydrogens (tertiary/aromatic N) is 1. The van der Waals surface area contributed by atoms with Crippen molar-refractivity contribution in [1.82, 2.24) is 0 Å². The Balaban J connectivity index is 3.22. The molecule has 0 aromatic heterocycles. The molecule has 0 heterocycles. The second-order valence-corrected chi connectivity index (χ2v) is 3.87. The van der Waals surface area contributed by atoms with Crippen LogP contribution < -0.4 is 0 Å². The van der Waals surface area contributed by atoms with Crippen LogP contribution in [0.1, 0.15) is 11.1 Å². The quantitative estimate of drug-likeness (QED) is 0.700. The average Bonchev–Trinajstić information content (AvgIpc) is 2.09. The Labute approximate surface area is 90.8 Å². The van der Waals surface area contributed by atoms with Crippen molar-refractivity contribution < 1.29 is 0 Å². The van der Waals surface area contributed by atoms with Crippen LogP contribution >= 0.6 is 27.5 Å². The molecule has 1 nitrogen and oxygen atoms in total. The number of nitriles is 1. The van der Waals surface area contributed by atoms with Gasteiger partial charge in [-0.1, -0.05) is 39.2 Å². The van der Waals surface area contributed by atoms with Gasteiger partial charge in [-0.05, 0) is 19.1 Å². The number of benzene rings is 1. The van der Waals surface area contributed by atoms with Crippen LogP contribution in [0, 0.1) is 18.3 Å². The van der Waals surface area contributed by atoms with Gasteiger partial charge < -0.3 is 0 Å². The van der Waals surface area contributed by atoms with Crippen LogP contribution in [0.4, 0.5) is 0 Å². The van der Waals surface area contributed by atoms with E-state index >= 15 is 0 Å². The van der Waals surface area contributed by atoms with E-state index in [4.69, 9.17) is 16.9 Å². The Morgan fingerprint density at radius 2 is 2.31 bits per heavy atom. The van der Waals surface area contributed by atoms with Gasteiger partial charge in [-0.15, -0.1) is 0 Å². The monoisotopic (exact) mass is 255 g/mol. The number of halogens is 2. The van der Waals surface area contributed by atoms with Gasteiger partial charge in [0.05, 0.1) is 11.1 Å². The molecule has 0 fully saturated rings. The highest BCUT2D eigenvalue weighted by Gasteiger charge is 2.03. The van der Waals surface area contributed by atoms with E-state index in [-0.39, 0.29) is 0 Å². The number of hydrogen-bond donors (Lipinski definition) is 0. The van der Waals surface area contributed by atoms with E-state index in [2.05, 4.69) is 15.9 Å². The maximum absolute atomic E-state index is 8.43. The minimum atomic E-state index is 0.457. The van der Waals surface area contributed by atoms with Gasteiger partial charge in [-0.3, -0.25) is 0 Å². The zero-order chi connectivity index (χ0) is 9.84. The van der Waals surface area contributed by atoms with E-state index < -0.39 is 0 Å². The summed E-state index contributed by atoms with van der Waals surface area (Å²) in [7, 11) is 0. The van der Waals surface area contributed by atoms with Crippen LogP contribution in [0.25, 0.3) is 5.03 Å². The van der Waals surface area contributed by atoms with Gasteiger partial charge in [0.25, 0.3) is 0 Å². The molecule has 66 valence electrons. The van der Waals surface area contributed by atoms with E-state index in [1.165, 1.54) is 6.08 Å². The third kappa shape index (κ3) is 2.58. The molecular weight excluding hydrogens is 249 g/mol. The highest BCUT2D eigenvalue weighted by molar-refractivity contribution is 9.10. The molecule has 0 saturated carbocycles. The molecule has 1 aromatic carbocycles. The van der Waals surface area contributed by atoms with Gasteiger partial charge in [0, 0.05) is 16.1 Å². The van der Waals surface area contributed by atoms with Crippen molar-refractivity contribution in [2.45, 2.75) is 6.92 Å². The molecule has 0 aliphatic carbocycles. The van der Waals surface area contributed by atoms with Crippen molar-refractivity contribution in [1.29, 1.82) is 5.26 Å². The summed E-state index contributed by atoms with van der Waals surface area (Å²) in [6.07, 6.45) is 1.32. The van der Waals surface area contributed by atoms with Crippen molar-refractivity contribution in [3.63, 3.8) is 0 Å². The number of allylic oxidation sites excluding steroid dienone is 1. The fourth-order valence-electron chi connectivity index (χ4n) is 0.957. The summed E-state index contributed by atoms with van der Waals surface area (Å²) in [6.45, 7) is 1.98. The van der Waals surface area contributed by atoms with Gasteiger partial charge in [-0.25, -0.2) is 0 Å². The number of aryl methyl sites for hydroxylation is 1. The van der Waals surface area contributed by atoms with Crippen molar-refractivity contribution >= 4 is 32.6 Å². The van der Waals surface area contributed by atoms with Gasteiger partial charge >= 0.3 is 0 Å². The summed E-state index contributed by atoms with van der Waals surface area (Å²) in [5.41, 5.74) is 1.96. The Bertz CT molecular complexity index is 390. The fourth-order valence-corrected chi connectivity index (χ4v) is 1.74. The molecule has 1 rings (SSSR count). The number of hydrogen-bond acceptors (Lipinski definition) is 1. The fraction of sp³-hybridized carbons (Fsp3) is 0.100. The first-order chi connectivity index (χ1) is 6.15. The molecule has 3 heteroatoms. The lowest BCUT2D eigenvalue weighted by Gasteiger charge is -2.02. The Morgan fingerprint density at radius 1 is 1.62 bits per heavy atom. The zero-order valence-corrected chi connectivity index (χ0v) is 9.35. The summed E-state index contributed by atoms with van der Waals surface area (Å²) in [5, 5.41) is 8.89. The van der Waals surface area contributed by atoms with E-state index in [0.717, 1.165) is 15.6 Å². The molecule has 0 bridgehead atoms. The van der Waals surface area contributed by atoms with E-state index in [0.29, 0.717) is 5.03 Å². The highest BCUT2D eigenvalue weighted by atomic mass is 79.9. The molecule has 0 saturated heterocycles. The lowest BCUT2D eigenvalue weighted by atomic mass is 10.1. The first kappa shape index (κ1) is 10.3. The Morgan fingerprint density at radius 3 is 2.92 bits per heavy atom. The SMILES string of the molecule is Cc1ccc(Br)c(/C(Cl)=C/C#N)c1. The molecule has 0 aliphatic rings. The zero-order valence-electron chi connectivity index (χ0n) is 7.01. The second kappa shape index (κ2) is 4.45. The van der Waals surface area contributed by atoms with Gasteiger partial charge in [0.2, 0.25) is 0 Å². The highest BCUT2D eigenvalue weighted by Crippen LogP contribution is 2.27. The lowest BCUT2D eigenvalue weighted by Crippen LogP contribution is -1.81. The first-order valence-electron chi connectivity index (χ1n) is 3.67. The molecule has 0 radical (unpaired) electrons. The third-order valence-corrected chi connectivity index (χ3v) is 2.57. The average molecular weight is 257 g/mol. The van der Waals surface area contributed by atoms with E-state index in [1.807, 2.05) is 31.2 Å². The predicted octanol–water partition coefficient (Wildman–Crippen LogP) is 3.86. The third-order valence-electron chi connectivity index (χ3n) is 1.57. The van der Waals surface area contributed by atoms with Crippen molar-refractivity contribution in [2.24, 2.45) is 0 Å².